The molecule has 104 valence electrons. The van der Waals surface area contributed by atoms with Gasteiger partial charge in [-0.05, 0) is 29.8 Å². The first-order chi connectivity index (χ1) is 10.3. The van der Waals surface area contributed by atoms with Crippen molar-refractivity contribution in [2.24, 2.45) is 10.2 Å². The maximum Gasteiger partial charge on any atom is 0.181 e. The molecule has 0 aliphatic carbocycles. The van der Waals surface area contributed by atoms with E-state index in [1.165, 1.54) is 12.5 Å². The summed E-state index contributed by atoms with van der Waals surface area (Å²) in [4.78, 5) is 7.76. The lowest BCUT2D eigenvalue weighted by Crippen LogP contribution is -1.80. The zero-order valence-electron chi connectivity index (χ0n) is 11.0. The number of hydrogen-bond acceptors (Lipinski definition) is 6. The van der Waals surface area contributed by atoms with Crippen LogP contribution in [0.15, 0.2) is 70.0 Å². The third kappa shape index (κ3) is 3.11. The molecule has 2 aromatic heterocycles. The van der Waals surface area contributed by atoms with E-state index in [2.05, 4.69) is 20.2 Å². The van der Waals surface area contributed by atoms with Crippen molar-refractivity contribution in [2.45, 2.75) is 6.54 Å². The summed E-state index contributed by atoms with van der Waals surface area (Å²) in [6.07, 6.45) is 6.28. The van der Waals surface area contributed by atoms with Crippen LogP contribution in [0.3, 0.4) is 0 Å². The monoisotopic (exact) mass is 280 g/mol. The minimum atomic E-state index is 0.0760. The Balaban J connectivity index is 1.74. The highest BCUT2D eigenvalue weighted by molar-refractivity contribution is 5.67. The predicted octanol–water partition coefficient (Wildman–Crippen LogP) is 3.73. The Labute approximate surface area is 120 Å². The Morgan fingerprint density at radius 2 is 1.95 bits per heavy atom. The zero-order valence-corrected chi connectivity index (χ0v) is 11.0. The molecule has 0 bridgehead atoms. The number of rotatable bonds is 4. The first-order valence-corrected chi connectivity index (χ1v) is 6.31. The van der Waals surface area contributed by atoms with Crippen molar-refractivity contribution in [3.63, 3.8) is 0 Å². The van der Waals surface area contributed by atoms with E-state index in [1.807, 2.05) is 12.1 Å². The first-order valence-electron chi connectivity index (χ1n) is 6.31. The summed E-state index contributed by atoms with van der Waals surface area (Å²) in [6.45, 7) is 0.465. The number of aromatic hydroxyl groups is 1. The van der Waals surface area contributed by atoms with Crippen molar-refractivity contribution >= 4 is 5.69 Å². The number of azo groups is 1. The zero-order chi connectivity index (χ0) is 14.5. The fourth-order valence-electron chi connectivity index (χ4n) is 1.83. The molecule has 6 heteroatoms. The Morgan fingerprint density at radius 1 is 1.10 bits per heavy atom. The highest BCUT2D eigenvalue weighted by atomic mass is 16.3. The van der Waals surface area contributed by atoms with Crippen LogP contribution in [0, 0.1) is 0 Å². The molecule has 0 aliphatic rings. The van der Waals surface area contributed by atoms with Gasteiger partial charge in [-0.25, -0.2) is 4.98 Å². The molecule has 2 heterocycles. The lowest BCUT2D eigenvalue weighted by Gasteiger charge is -2.01. The molecule has 0 unspecified atom stereocenters. The average molecular weight is 280 g/mol. The van der Waals surface area contributed by atoms with Crippen LogP contribution < -0.4 is 0 Å². The standard InChI is InChI=1S/C15H12N4O2/c20-14-7-12(1-2-13(14)15-9-17-10-21-15)19-18-8-11-3-5-16-6-4-11/h1-7,9-10,20H,8H2. The normalized spacial score (nSPS) is 11.0. The van der Waals surface area contributed by atoms with Crippen LogP contribution in [-0.4, -0.2) is 15.1 Å². The average Bonchev–Trinajstić information content (AvgIpc) is 3.02. The van der Waals surface area contributed by atoms with Gasteiger partial charge in [0.15, 0.2) is 12.2 Å². The maximum atomic E-state index is 9.98. The van der Waals surface area contributed by atoms with Gasteiger partial charge in [0.05, 0.1) is 24.0 Å². The third-order valence-corrected chi connectivity index (χ3v) is 2.87. The summed E-state index contributed by atoms with van der Waals surface area (Å²) in [5.74, 6) is 0.583. The smallest absolute Gasteiger partial charge is 0.181 e. The van der Waals surface area contributed by atoms with E-state index >= 15 is 0 Å². The maximum absolute atomic E-state index is 9.98. The van der Waals surface area contributed by atoms with Gasteiger partial charge in [-0.3, -0.25) is 4.98 Å². The molecule has 3 rings (SSSR count). The molecule has 21 heavy (non-hydrogen) atoms. The second-order valence-corrected chi connectivity index (χ2v) is 4.32. The molecule has 0 fully saturated rings. The molecule has 0 aliphatic heterocycles. The Bertz CT molecular complexity index is 740. The summed E-state index contributed by atoms with van der Waals surface area (Å²) < 4.78 is 5.15. The third-order valence-electron chi connectivity index (χ3n) is 2.87. The minimum Gasteiger partial charge on any atom is -0.507 e. The molecule has 1 aromatic carbocycles. The molecule has 1 N–H and O–H groups in total. The number of benzene rings is 1. The van der Waals surface area contributed by atoms with Gasteiger partial charge >= 0.3 is 0 Å². The quantitative estimate of drug-likeness (QED) is 0.738. The van der Waals surface area contributed by atoms with E-state index in [0.29, 0.717) is 23.6 Å². The van der Waals surface area contributed by atoms with Gasteiger partial charge in [0.2, 0.25) is 0 Å². The molecular weight excluding hydrogens is 268 g/mol. The largest absolute Gasteiger partial charge is 0.507 e. The van der Waals surface area contributed by atoms with Crippen molar-refractivity contribution < 1.29 is 9.52 Å². The van der Waals surface area contributed by atoms with Gasteiger partial charge in [-0.15, -0.1) is 0 Å². The molecule has 0 atom stereocenters. The van der Waals surface area contributed by atoms with Gasteiger partial charge in [0.25, 0.3) is 0 Å². The van der Waals surface area contributed by atoms with Crippen molar-refractivity contribution in [3.8, 4) is 17.1 Å². The molecule has 0 saturated carbocycles. The summed E-state index contributed by atoms with van der Waals surface area (Å²) >= 11 is 0. The predicted molar refractivity (Wildman–Crippen MR) is 76.1 cm³/mol. The highest BCUT2D eigenvalue weighted by Gasteiger charge is 2.08. The van der Waals surface area contributed by atoms with Crippen LogP contribution in [0.5, 0.6) is 5.75 Å². The second-order valence-electron chi connectivity index (χ2n) is 4.32. The molecule has 0 saturated heterocycles. The van der Waals surface area contributed by atoms with Crippen molar-refractivity contribution in [2.75, 3.05) is 0 Å². The van der Waals surface area contributed by atoms with Crippen molar-refractivity contribution in [1.82, 2.24) is 9.97 Å². The van der Waals surface area contributed by atoms with Crippen LogP contribution in [0.2, 0.25) is 0 Å². The molecule has 6 nitrogen and oxygen atoms in total. The van der Waals surface area contributed by atoms with Crippen LogP contribution in [-0.2, 0) is 6.54 Å². The lowest BCUT2D eigenvalue weighted by molar-refractivity contribution is 0.473. The number of aromatic nitrogens is 2. The van der Waals surface area contributed by atoms with Crippen LogP contribution in [0.25, 0.3) is 11.3 Å². The highest BCUT2D eigenvalue weighted by Crippen LogP contribution is 2.32. The second kappa shape index (κ2) is 5.96. The number of hydrogen-bond donors (Lipinski definition) is 1. The van der Waals surface area contributed by atoms with E-state index in [1.54, 1.807) is 30.7 Å². The van der Waals surface area contributed by atoms with E-state index in [-0.39, 0.29) is 5.75 Å². The molecule has 3 aromatic rings. The van der Waals surface area contributed by atoms with Crippen LogP contribution >= 0.6 is 0 Å². The van der Waals surface area contributed by atoms with Gasteiger partial charge in [0.1, 0.15) is 5.75 Å². The van der Waals surface area contributed by atoms with E-state index in [0.717, 1.165) is 5.56 Å². The summed E-state index contributed by atoms with van der Waals surface area (Å²) in [7, 11) is 0. The van der Waals surface area contributed by atoms with Gasteiger partial charge in [0, 0.05) is 18.5 Å². The van der Waals surface area contributed by atoms with Gasteiger partial charge in [-0.1, -0.05) is 0 Å². The molecular formula is C15H12N4O2. The molecule has 0 spiro atoms. The Morgan fingerprint density at radius 3 is 2.67 bits per heavy atom. The Kier molecular flexibility index (Phi) is 3.68. The van der Waals surface area contributed by atoms with Crippen LogP contribution in [0.1, 0.15) is 5.56 Å². The summed E-state index contributed by atoms with van der Waals surface area (Å²) in [5, 5.41) is 18.2. The fourth-order valence-corrected chi connectivity index (χ4v) is 1.83. The first kappa shape index (κ1) is 13.0. The van der Waals surface area contributed by atoms with E-state index < -0.39 is 0 Å². The fraction of sp³-hybridized carbons (Fsp3) is 0.0667. The van der Waals surface area contributed by atoms with Gasteiger partial charge < -0.3 is 9.52 Å². The summed E-state index contributed by atoms with van der Waals surface area (Å²) in [6, 6.07) is 8.77. The van der Waals surface area contributed by atoms with Crippen molar-refractivity contribution in [3.05, 3.63) is 60.9 Å². The molecule has 0 amide bonds. The van der Waals surface area contributed by atoms with Gasteiger partial charge in [-0.2, -0.15) is 10.2 Å². The number of phenols is 1. The minimum absolute atomic E-state index is 0.0760. The number of phenolic OH excluding ortho intramolecular Hbond substituents is 1. The SMILES string of the molecule is Oc1cc(N=NCc2ccncc2)ccc1-c1cnco1. The Hall–Kier alpha value is -3.02. The number of oxazole rings is 1. The number of pyridine rings is 1. The topological polar surface area (TPSA) is 83.9 Å². The number of nitrogens with zero attached hydrogens (tertiary/aromatic N) is 4. The molecule has 0 radical (unpaired) electrons. The van der Waals surface area contributed by atoms with Crippen LogP contribution in [0.4, 0.5) is 5.69 Å². The van der Waals surface area contributed by atoms with Crippen molar-refractivity contribution in [1.29, 1.82) is 0 Å². The lowest BCUT2D eigenvalue weighted by atomic mass is 10.1. The summed E-state index contributed by atoms with van der Waals surface area (Å²) in [5.41, 5.74) is 2.17. The van der Waals surface area contributed by atoms with E-state index in [4.69, 9.17) is 4.42 Å². The van der Waals surface area contributed by atoms with E-state index in [9.17, 15) is 5.11 Å².